The molecule has 0 radical (unpaired) electrons. The van der Waals surface area contributed by atoms with E-state index in [0.717, 1.165) is 46.6 Å². The van der Waals surface area contributed by atoms with Crippen LogP contribution in [0.4, 0.5) is 16.4 Å². The van der Waals surface area contributed by atoms with Crippen molar-refractivity contribution in [1.82, 2.24) is 19.8 Å². The fourth-order valence-electron chi connectivity index (χ4n) is 8.75. The second-order valence-electron chi connectivity index (χ2n) is 23.0. The molecule has 5 N–H and O–H groups in total. The summed E-state index contributed by atoms with van der Waals surface area (Å²) in [6, 6.07) is 3.75. The van der Waals surface area contributed by atoms with Crippen LogP contribution in [0.3, 0.4) is 0 Å². The summed E-state index contributed by atoms with van der Waals surface area (Å²) in [5.41, 5.74) is 4.90. The number of carboxylic acid groups (broad SMARTS) is 1. The van der Waals surface area contributed by atoms with E-state index in [2.05, 4.69) is 54.4 Å². The lowest BCUT2D eigenvalue weighted by molar-refractivity contribution is -0.131. The molecule has 422 valence electrons. The van der Waals surface area contributed by atoms with Crippen LogP contribution >= 0.6 is 12.4 Å². The average Bonchev–Trinajstić information content (AvgIpc) is 3.87. The van der Waals surface area contributed by atoms with Crippen molar-refractivity contribution in [3.63, 3.8) is 0 Å². The van der Waals surface area contributed by atoms with Gasteiger partial charge in [0.1, 0.15) is 17.2 Å². The Morgan fingerprint density at radius 1 is 0.667 bits per heavy atom. The van der Waals surface area contributed by atoms with Gasteiger partial charge in [-0.3, -0.25) is 14.4 Å². The number of carbonyl (C=O) groups is 5. The molecule has 8 heterocycles. The highest BCUT2D eigenvalue weighted by molar-refractivity contribution is 6.55. The van der Waals surface area contributed by atoms with E-state index in [1.54, 1.807) is 28.1 Å². The molecule has 0 spiro atoms. The third-order valence-corrected chi connectivity index (χ3v) is 14.8. The molecule has 1 aliphatic carbocycles. The zero-order valence-electron chi connectivity index (χ0n) is 47.1. The van der Waals surface area contributed by atoms with Crippen molar-refractivity contribution in [3.8, 4) is 0 Å². The lowest BCUT2D eigenvalue weighted by atomic mass is 9.73. The van der Waals surface area contributed by atoms with E-state index in [4.69, 9.17) is 38.5 Å². The van der Waals surface area contributed by atoms with E-state index in [-0.39, 0.29) is 72.9 Å². The molecule has 0 aromatic carbocycles. The summed E-state index contributed by atoms with van der Waals surface area (Å²) in [5, 5.41) is 32.1. The topological polar surface area (TPSA) is 249 Å². The van der Waals surface area contributed by atoms with Crippen molar-refractivity contribution >= 4 is 87.3 Å². The van der Waals surface area contributed by atoms with Crippen LogP contribution in [-0.2, 0) is 55.4 Å². The molecule has 0 atom stereocenters. The van der Waals surface area contributed by atoms with Crippen LogP contribution in [0, 0.1) is 0 Å². The molecular formula is C55H78B3ClN6O13. The molecule has 2 aromatic rings. The molecule has 23 heteroatoms. The maximum atomic E-state index is 12.2. The van der Waals surface area contributed by atoms with Gasteiger partial charge < -0.3 is 58.9 Å². The number of nitrogens with one attached hydrogen (secondary N) is 2. The third kappa shape index (κ3) is 17.4. The molecular weight excluding hydrogens is 1020 g/mol. The van der Waals surface area contributed by atoms with Gasteiger partial charge in [-0.1, -0.05) is 18.2 Å². The van der Waals surface area contributed by atoms with Crippen molar-refractivity contribution in [2.45, 2.75) is 168 Å². The highest BCUT2D eigenvalue weighted by atomic mass is 35.5. The number of aryl methyl sites for hydroxylation is 2. The minimum Gasteiger partial charge on any atom is -0.478 e. The molecule has 2 saturated heterocycles. The van der Waals surface area contributed by atoms with Gasteiger partial charge >= 0.3 is 33.4 Å². The number of hydrogen-bond donors (Lipinski definition) is 5. The van der Waals surface area contributed by atoms with Gasteiger partial charge in [0.25, 0.3) is 0 Å². The number of anilines is 2. The fraction of sp³-hybridized carbons (Fsp3) is 0.545. The number of aromatic nitrogens is 2. The van der Waals surface area contributed by atoms with Crippen LogP contribution in [0.1, 0.15) is 150 Å². The molecule has 7 aliphatic rings. The molecule has 2 fully saturated rings. The molecule has 0 bridgehead atoms. The van der Waals surface area contributed by atoms with Gasteiger partial charge in [-0.2, -0.15) is 0 Å². The first-order valence-electron chi connectivity index (χ1n) is 26.6. The monoisotopic (exact) mass is 1100 g/mol. The SMILES string of the molecule is CC(C)(C)OC(=O)N1CC=C(B2OC(C)(C)C(C)(C)O2)CC1.CC1(C)OB(C2=CCCCC2)OC1(C)C.Cl.O=C(O)/C=C/c1cnc2c(c1)CCC(=O)N2.O=C1CCc2cc(/C=C/C(=O)N3CC=C(B(O)O)CC3)cnc2N1. The molecule has 19 nitrogen and oxygen atoms in total. The first kappa shape index (κ1) is 63.2. The van der Waals surface area contributed by atoms with Crippen molar-refractivity contribution in [1.29, 1.82) is 0 Å². The second-order valence-corrected chi connectivity index (χ2v) is 23.0. The first-order chi connectivity index (χ1) is 36.0. The van der Waals surface area contributed by atoms with Gasteiger partial charge in [-0.15, -0.1) is 12.4 Å². The lowest BCUT2D eigenvalue weighted by Gasteiger charge is -2.32. The predicted octanol–water partition coefficient (Wildman–Crippen LogP) is 7.94. The molecule has 9 rings (SSSR count). The Bertz CT molecular complexity index is 2650. The van der Waals surface area contributed by atoms with Crippen LogP contribution < -0.4 is 10.6 Å². The number of halogens is 1. The molecule has 6 aliphatic heterocycles. The number of amides is 4. The van der Waals surface area contributed by atoms with Crippen LogP contribution in [-0.4, -0.2) is 140 Å². The number of fused-ring (bicyclic) bond motifs is 2. The number of carbonyl (C=O) groups excluding carboxylic acids is 4. The molecule has 4 amide bonds. The highest BCUT2D eigenvalue weighted by Crippen LogP contribution is 2.41. The minimum absolute atomic E-state index is 0. The number of pyridine rings is 2. The summed E-state index contributed by atoms with van der Waals surface area (Å²) in [6.07, 6.45) is 22.9. The smallest absolute Gasteiger partial charge is 0.478 e. The standard InChI is InChI=1S/C16H18BN3O4.C16H28BNO4.C12H21BO2.C11H10N2O3.ClH/c21-14-3-2-12-9-11(10-18-16(12)19-14)1-4-15(22)20-7-5-13(6-8-20)17(23)24;1-14(2,3)20-13(19)18-10-8-12(9-11-18)17-21-15(4,5)16(6,7)22-17;1-11(2)12(3,4)15-13(14-11)10-8-6-5-7-9-10;14-9-3-2-8-5-7(1-4-10(15)16)6-12-11(8)13-9;/h1,4-5,9-10,23-24H,2-3,6-8H2,(H,18,19,21);8H,9-11H2,1-7H3;8H,5-7,9H2,1-4H3;1,4-6H,2-3H2,(H,15,16)(H,12,13,14);1H/b4-1+;;;4-1+;. The molecule has 2 aromatic heterocycles. The fourth-order valence-corrected chi connectivity index (χ4v) is 8.75. The maximum absolute atomic E-state index is 12.2. The Labute approximate surface area is 466 Å². The number of carboxylic acids is 1. The van der Waals surface area contributed by atoms with Crippen molar-refractivity contribution in [2.24, 2.45) is 0 Å². The van der Waals surface area contributed by atoms with E-state index >= 15 is 0 Å². The summed E-state index contributed by atoms with van der Waals surface area (Å²) in [4.78, 5) is 68.6. The van der Waals surface area contributed by atoms with Crippen molar-refractivity contribution < 1.29 is 62.5 Å². The number of ether oxygens (including phenoxy) is 1. The van der Waals surface area contributed by atoms with Crippen LogP contribution in [0.5, 0.6) is 0 Å². The zero-order chi connectivity index (χ0) is 56.5. The average molecular weight is 1100 g/mol. The summed E-state index contributed by atoms with van der Waals surface area (Å²) in [6.45, 7) is 24.2. The van der Waals surface area contributed by atoms with E-state index in [0.29, 0.717) is 75.4 Å². The Hall–Kier alpha value is -5.61. The Morgan fingerprint density at radius 2 is 1.14 bits per heavy atom. The first-order valence-corrected chi connectivity index (χ1v) is 26.6. The van der Waals surface area contributed by atoms with Gasteiger partial charge in [-0.25, -0.2) is 19.6 Å². The van der Waals surface area contributed by atoms with Gasteiger partial charge in [0.15, 0.2) is 0 Å². The maximum Gasteiger partial charge on any atom is 0.490 e. The Kier molecular flexibility index (Phi) is 21.5. The normalized spacial score (nSPS) is 20.8. The van der Waals surface area contributed by atoms with Crippen molar-refractivity contribution in [3.05, 3.63) is 93.6 Å². The summed E-state index contributed by atoms with van der Waals surface area (Å²) < 4.78 is 29.5. The van der Waals surface area contributed by atoms with Gasteiger partial charge in [0, 0.05) is 63.6 Å². The Balaban J connectivity index is 0.000000194. The van der Waals surface area contributed by atoms with E-state index in [1.807, 2.05) is 66.7 Å². The van der Waals surface area contributed by atoms with Crippen LogP contribution in [0.15, 0.2) is 71.3 Å². The van der Waals surface area contributed by atoms with Crippen LogP contribution in [0.2, 0.25) is 0 Å². The van der Waals surface area contributed by atoms with E-state index in [9.17, 15) is 24.0 Å². The summed E-state index contributed by atoms with van der Waals surface area (Å²) in [5.74, 6) is -0.0303. The number of allylic oxidation sites excluding steroid dienone is 2. The van der Waals surface area contributed by atoms with E-state index in [1.165, 1.54) is 43.1 Å². The molecule has 0 unspecified atom stereocenters. The second kappa shape index (κ2) is 26.6. The van der Waals surface area contributed by atoms with Crippen LogP contribution in [0.25, 0.3) is 12.2 Å². The van der Waals surface area contributed by atoms with Gasteiger partial charge in [0.2, 0.25) is 17.7 Å². The van der Waals surface area contributed by atoms with E-state index < -0.39 is 18.7 Å². The molecule has 0 saturated carbocycles. The minimum atomic E-state index is -1.44. The van der Waals surface area contributed by atoms with Gasteiger partial charge in [0.05, 0.1) is 22.4 Å². The zero-order valence-corrected chi connectivity index (χ0v) is 47.9. The number of rotatable bonds is 7. The summed E-state index contributed by atoms with van der Waals surface area (Å²) in [7, 11) is -1.86. The number of hydrogen-bond acceptors (Lipinski definition) is 14. The third-order valence-electron chi connectivity index (χ3n) is 14.8. The summed E-state index contributed by atoms with van der Waals surface area (Å²) >= 11 is 0. The molecule has 78 heavy (non-hydrogen) atoms. The lowest BCUT2D eigenvalue weighted by Crippen LogP contribution is -2.41. The van der Waals surface area contributed by atoms with Gasteiger partial charge in [-0.05, 0) is 190 Å². The Morgan fingerprint density at radius 3 is 1.55 bits per heavy atom. The quantitative estimate of drug-likeness (QED) is 0.130. The number of aliphatic carboxylic acids is 1. The van der Waals surface area contributed by atoms with Crippen molar-refractivity contribution in [2.75, 3.05) is 36.8 Å². The number of nitrogens with zero attached hydrogens (tertiary/aromatic N) is 4. The largest absolute Gasteiger partial charge is 0.490 e. The highest BCUT2D eigenvalue weighted by Gasteiger charge is 2.53. The predicted molar refractivity (Wildman–Crippen MR) is 304 cm³/mol.